The molecule has 96 valence electrons. The number of benzene rings is 1. The highest BCUT2D eigenvalue weighted by molar-refractivity contribution is 5.87. The Bertz CT molecular complexity index is 433. The van der Waals surface area contributed by atoms with Gasteiger partial charge in [0.05, 0.1) is 0 Å². The van der Waals surface area contributed by atoms with Gasteiger partial charge in [-0.15, -0.1) is 0 Å². The predicted octanol–water partition coefficient (Wildman–Crippen LogP) is 2.33. The Morgan fingerprint density at radius 2 is 2.28 bits per heavy atom. The van der Waals surface area contributed by atoms with Crippen molar-refractivity contribution < 1.29 is 4.79 Å². The van der Waals surface area contributed by atoms with Gasteiger partial charge in [-0.1, -0.05) is 31.5 Å². The van der Waals surface area contributed by atoms with Gasteiger partial charge in [-0.2, -0.15) is 0 Å². The van der Waals surface area contributed by atoms with E-state index in [-0.39, 0.29) is 11.9 Å². The van der Waals surface area contributed by atoms with Crippen LogP contribution in [0.5, 0.6) is 0 Å². The smallest absolute Gasteiger partial charge is 0.243 e. The number of nitrogens with one attached hydrogen (secondary N) is 2. The van der Waals surface area contributed by atoms with Gasteiger partial charge < -0.3 is 10.6 Å². The first-order chi connectivity index (χ1) is 8.78. The molecule has 0 saturated heterocycles. The quantitative estimate of drug-likeness (QED) is 0.853. The van der Waals surface area contributed by atoms with Crippen LogP contribution in [-0.4, -0.2) is 18.0 Å². The molecular formula is C15H20N2O. The highest BCUT2D eigenvalue weighted by atomic mass is 16.2. The van der Waals surface area contributed by atoms with Crippen molar-refractivity contribution in [2.45, 2.75) is 44.7 Å². The van der Waals surface area contributed by atoms with Crippen LogP contribution in [-0.2, 0) is 11.2 Å². The zero-order valence-electron chi connectivity index (χ0n) is 10.8. The van der Waals surface area contributed by atoms with Crippen LogP contribution >= 0.6 is 0 Å². The first-order valence-corrected chi connectivity index (χ1v) is 6.92. The second-order valence-corrected chi connectivity index (χ2v) is 5.46. The van der Waals surface area contributed by atoms with Crippen molar-refractivity contribution >= 4 is 11.6 Å². The average Bonchev–Trinajstić information content (AvgIpc) is 2.94. The summed E-state index contributed by atoms with van der Waals surface area (Å²) in [6.45, 7) is 2.20. The van der Waals surface area contributed by atoms with Gasteiger partial charge in [0.1, 0.15) is 6.04 Å². The second kappa shape index (κ2) is 4.63. The second-order valence-electron chi connectivity index (χ2n) is 5.46. The third-order valence-corrected chi connectivity index (χ3v) is 4.00. The lowest BCUT2D eigenvalue weighted by Gasteiger charge is -2.11. The number of fused-ring (bicyclic) bond motifs is 1. The third kappa shape index (κ3) is 2.22. The fourth-order valence-corrected chi connectivity index (χ4v) is 2.85. The third-order valence-electron chi connectivity index (χ3n) is 4.00. The van der Waals surface area contributed by atoms with Crippen molar-refractivity contribution in [2.75, 3.05) is 5.32 Å². The van der Waals surface area contributed by atoms with Gasteiger partial charge in [-0.25, -0.2) is 0 Å². The molecule has 3 atom stereocenters. The molecule has 1 aromatic carbocycles. The zero-order chi connectivity index (χ0) is 12.5. The van der Waals surface area contributed by atoms with Crippen molar-refractivity contribution in [1.82, 2.24) is 5.32 Å². The molecule has 1 aliphatic heterocycles. The molecule has 0 radical (unpaired) electrons. The Labute approximate surface area is 108 Å². The van der Waals surface area contributed by atoms with Crippen molar-refractivity contribution in [2.24, 2.45) is 5.92 Å². The normalized spacial score (nSPS) is 28.4. The molecule has 0 spiro atoms. The molecule has 3 nitrogen and oxygen atoms in total. The van der Waals surface area contributed by atoms with E-state index >= 15 is 0 Å². The fraction of sp³-hybridized carbons (Fsp3) is 0.533. The summed E-state index contributed by atoms with van der Waals surface area (Å²) in [4.78, 5) is 12.1. The monoisotopic (exact) mass is 244 g/mol. The fourth-order valence-electron chi connectivity index (χ4n) is 2.85. The maximum atomic E-state index is 12.1. The van der Waals surface area contributed by atoms with Crippen LogP contribution in [0.25, 0.3) is 0 Å². The maximum absolute atomic E-state index is 12.1. The minimum absolute atomic E-state index is 0.0784. The van der Waals surface area contributed by atoms with Crippen LogP contribution in [0.4, 0.5) is 5.69 Å². The lowest BCUT2D eigenvalue weighted by Crippen LogP contribution is -2.40. The number of rotatable bonds is 4. The highest BCUT2D eigenvalue weighted by Gasteiger charge is 2.39. The molecule has 0 aromatic heterocycles. The van der Waals surface area contributed by atoms with Crippen LogP contribution in [0.2, 0.25) is 0 Å². The van der Waals surface area contributed by atoms with Crippen molar-refractivity contribution in [3.05, 3.63) is 29.8 Å². The Morgan fingerprint density at radius 1 is 1.44 bits per heavy atom. The molecule has 1 aliphatic carbocycles. The van der Waals surface area contributed by atoms with Crippen LogP contribution in [0, 0.1) is 5.92 Å². The Balaban J connectivity index is 1.54. The first kappa shape index (κ1) is 11.6. The molecule has 3 rings (SSSR count). The summed E-state index contributed by atoms with van der Waals surface area (Å²) in [6, 6.07) is 8.52. The molecule has 1 fully saturated rings. The number of anilines is 1. The number of para-hydroxylation sites is 1. The van der Waals surface area contributed by atoms with Crippen LogP contribution < -0.4 is 10.6 Å². The summed E-state index contributed by atoms with van der Waals surface area (Å²) in [5.74, 6) is 0.887. The molecule has 1 amide bonds. The number of hydrogen-bond donors (Lipinski definition) is 2. The van der Waals surface area contributed by atoms with Crippen molar-refractivity contribution in [3.63, 3.8) is 0 Å². The molecular weight excluding hydrogens is 224 g/mol. The largest absolute Gasteiger partial charge is 0.373 e. The van der Waals surface area contributed by atoms with E-state index in [1.807, 2.05) is 18.2 Å². The molecule has 3 unspecified atom stereocenters. The predicted molar refractivity (Wildman–Crippen MR) is 72.5 cm³/mol. The summed E-state index contributed by atoms with van der Waals surface area (Å²) >= 11 is 0. The van der Waals surface area contributed by atoms with Gasteiger partial charge in [-0.3, -0.25) is 4.79 Å². The minimum Gasteiger partial charge on any atom is -0.373 e. The summed E-state index contributed by atoms with van der Waals surface area (Å²) in [7, 11) is 0. The molecule has 2 aliphatic rings. The van der Waals surface area contributed by atoms with E-state index in [2.05, 4.69) is 23.6 Å². The molecule has 3 heteroatoms. The van der Waals surface area contributed by atoms with Gasteiger partial charge in [0.25, 0.3) is 0 Å². The standard InChI is InChI=1S/C15H20N2O/c1-2-5-10-8-13(10)17-15(18)14-9-11-6-3-4-7-12(11)16-14/h3-4,6-7,10,13-14,16H,2,5,8-9H2,1H3,(H,17,18). The van der Waals surface area contributed by atoms with Crippen LogP contribution in [0.1, 0.15) is 31.7 Å². The van der Waals surface area contributed by atoms with E-state index in [0.29, 0.717) is 6.04 Å². The number of hydrogen-bond acceptors (Lipinski definition) is 2. The highest BCUT2D eigenvalue weighted by Crippen LogP contribution is 2.35. The van der Waals surface area contributed by atoms with Gasteiger partial charge in [0, 0.05) is 18.2 Å². The first-order valence-electron chi connectivity index (χ1n) is 6.92. The Kier molecular flexibility index (Phi) is 2.98. The molecule has 2 N–H and O–H groups in total. The average molecular weight is 244 g/mol. The molecule has 0 bridgehead atoms. The Morgan fingerprint density at radius 3 is 3.06 bits per heavy atom. The summed E-state index contributed by atoms with van der Waals surface area (Å²) in [5.41, 5.74) is 2.36. The van der Waals surface area contributed by atoms with E-state index in [9.17, 15) is 4.79 Å². The molecule has 1 aromatic rings. The van der Waals surface area contributed by atoms with E-state index in [1.54, 1.807) is 0 Å². The van der Waals surface area contributed by atoms with E-state index in [4.69, 9.17) is 0 Å². The number of amides is 1. The number of carbonyl (C=O) groups is 1. The Hall–Kier alpha value is -1.51. The van der Waals surface area contributed by atoms with Crippen molar-refractivity contribution in [1.29, 1.82) is 0 Å². The van der Waals surface area contributed by atoms with Gasteiger partial charge in [0.2, 0.25) is 5.91 Å². The molecule has 1 heterocycles. The minimum atomic E-state index is -0.0784. The topological polar surface area (TPSA) is 41.1 Å². The van der Waals surface area contributed by atoms with E-state index < -0.39 is 0 Å². The number of carbonyl (C=O) groups excluding carboxylic acids is 1. The lowest BCUT2D eigenvalue weighted by molar-refractivity contribution is -0.121. The summed E-state index contributed by atoms with van der Waals surface area (Å²) in [5, 5.41) is 6.47. The SMILES string of the molecule is CCCC1CC1NC(=O)C1Cc2ccccc2N1. The maximum Gasteiger partial charge on any atom is 0.243 e. The molecule has 18 heavy (non-hydrogen) atoms. The van der Waals surface area contributed by atoms with Crippen LogP contribution in [0.15, 0.2) is 24.3 Å². The lowest BCUT2D eigenvalue weighted by atomic mass is 10.1. The van der Waals surface area contributed by atoms with E-state index in [1.165, 1.54) is 24.8 Å². The molecule has 1 saturated carbocycles. The summed E-state index contributed by atoms with van der Waals surface area (Å²) < 4.78 is 0. The van der Waals surface area contributed by atoms with Crippen LogP contribution in [0.3, 0.4) is 0 Å². The van der Waals surface area contributed by atoms with Gasteiger partial charge in [-0.05, 0) is 30.4 Å². The van der Waals surface area contributed by atoms with Crippen molar-refractivity contribution in [3.8, 4) is 0 Å². The summed E-state index contributed by atoms with van der Waals surface area (Å²) in [6.07, 6.45) is 4.43. The van der Waals surface area contributed by atoms with Gasteiger partial charge in [0.15, 0.2) is 0 Å². The van der Waals surface area contributed by atoms with Gasteiger partial charge >= 0.3 is 0 Å². The van der Waals surface area contributed by atoms with E-state index in [0.717, 1.165) is 18.0 Å². The zero-order valence-corrected chi connectivity index (χ0v) is 10.8.